The van der Waals surface area contributed by atoms with Gasteiger partial charge in [-0.2, -0.15) is 5.10 Å². The van der Waals surface area contributed by atoms with Crippen molar-refractivity contribution < 1.29 is 4.39 Å². The number of hydrogen-bond donors (Lipinski definition) is 1. The number of halogens is 1. The number of benzene rings is 1. The highest BCUT2D eigenvalue weighted by Crippen LogP contribution is 2.19. The van der Waals surface area contributed by atoms with Gasteiger partial charge >= 0.3 is 0 Å². The second kappa shape index (κ2) is 4.99. The zero-order valence-corrected chi connectivity index (χ0v) is 9.86. The maximum atomic E-state index is 13.1. The summed E-state index contributed by atoms with van der Waals surface area (Å²) in [6.07, 6.45) is 4.87. The highest BCUT2D eigenvalue weighted by molar-refractivity contribution is 5.47. The Bertz CT molecular complexity index is 505. The smallest absolute Gasteiger partial charge is 0.130 e. The van der Waals surface area contributed by atoms with Crippen LogP contribution in [0, 0.1) is 5.82 Å². The maximum absolute atomic E-state index is 13.1. The van der Waals surface area contributed by atoms with Crippen molar-refractivity contribution in [3.8, 4) is 5.69 Å². The number of nitrogens with zero attached hydrogens (tertiary/aromatic N) is 2. The van der Waals surface area contributed by atoms with Crippen molar-refractivity contribution in [1.29, 1.82) is 0 Å². The Kier molecular flexibility index (Phi) is 3.42. The highest BCUT2D eigenvalue weighted by atomic mass is 19.1. The molecule has 17 heavy (non-hydrogen) atoms. The molecule has 0 spiro atoms. The monoisotopic (exact) mass is 233 g/mol. The minimum atomic E-state index is -0.285. The molecule has 0 saturated heterocycles. The van der Waals surface area contributed by atoms with E-state index in [9.17, 15) is 4.39 Å². The molecular weight excluding hydrogens is 217 g/mol. The lowest BCUT2D eigenvalue weighted by Gasteiger charge is -2.05. The summed E-state index contributed by atoms with van der Waals surface area (Å²) in [4.78, 5) is 0. The van der Waals surface area contributed by atoms with Gasteiger partial charge in [0.1, 0.15) is 11.6 Å². The van der Waals surface area contributed by atoms with Gasteiger partial charge < -0.3 is 5.73 Å². The third-order valence-corrected chi connectivity index (χ3v) is 2.74. The van der Waals surface area contributed by atoms with E-state index in [1.807, 2.05) is 0 Å². The van der Waals surface area contributed by atoms with E-state index in [2.05, 4.69) is 12.0 Å². The average molecular weight is 233 g/mol. The van der Waals surface area contributed by atoms with Crippen molar-refractivity contribution in [1.82, 2.24) is 9.78 Å². The fourth-order valence-electron chi connectivity index (χ4n) is 1.77. The Balaban J connectivity index is 2.30. The Morgan fingerprint density at radius 2 is 2.24 bits per heavy atom. The summed E-state index contributed by atoms with van der Waals surface area (Å²) in [6.45, 7) is 2.13. The molecule has 90 valence electrons. The van der Waals surface area contributed by atoms with Crippen LogP contribution in [0.5, 0.6) is 0 Å². The molecule has 1 aromatic heterocycles. The van der Waals surface area contributed by atoms with Gasteiger partial charge in [0, 0.05) is 5.56 Å². The van der Waals surface area contributed by atoms with Crippen LogP contribution in [0.4, 0.5) is 10.2 Å². The normalized spacial score (nSPS) is 10.7. The van der Waals surface area contributed by atoms with Crippen molar-refractivity contribution in [3.05, 3.63) is 41.8 Å². The van der Waals surface area contributed by atoms with Crippen LogP contribution in [0.15, 0.2) is 30.5 Å². The second-order valence-corrected chi connectivity index (χ2v) is 4.05. The minimum Gasteiger partial charge on any atom is -0.383 e. The number of rotatable bonds is 4. The van der Waals surface area contributed by atoms with Crippen LogP contribution in [0.3, 0.4) is 0 Å². The Labute approximate surface area is 100 Å². The van der Waals surface area contributed by atoms with E-state index in [0.717, 1.165) is 24.8 Å². The van der Waals surface area contributed by atoms with Crippen molar-refractivity contribution >= 4 is 5.82 Å². The summed E-state index contributed by atoms with van der Waals surface area (Å²) in [5.74, 6) is 0.316. The second-order valence-electron chi connectivity index (χ2n) is 4.05. The van der Waals surface area contributed by atoms with Crippen LogP contribution in [0.2, 0.25) is 0 Å². The molecule has 1 heterocycles. The Morgan fingerprint density at radius 1 is 1.41 bits per heavy atom. The summed E-state index contributed by atoms with van der Waals surface area (Å²) >= 11 is 0. The third kappa shape index (κ3) is 2.46. The van der Waals surface area contributed by atoms with Gasteiger partial charge in [0.25, 0.3) is 0 Å². The summed E-state index contributed by atoms with van der Waals surface area (Å²) < 4.78 is 14.7. The molecule has 4 heteroatoms. The van der Waals surface area contributed by atoms with Gasteiger partial charge in [-0.15, -0.1) is 0 Å². The van der Waals surface area contributed by atoms with Gasteiger partial charge in [0.2, 0.25) is 0 Å². The molecule has 2 N–H and O–H groups in total. The predicted molar refractivity (Wildman–Crippen MR) is 66.5 cm³/mol. The summed E-state index contributed by atoms with van der Waals surface area (Å²) in [5, 5.41) is 4.20. The molecule has 0 aliphatic carbocycles. The van der Waals surface area contributed by atoms with E-state index >= 15 is 0 Å². The van der Waals surface area contributed by atoms with Gasteiger partial charge in [0.15, 0.2) is 0 Å². The molecule has 0 aliphatic heterocycles. The number of aromatic nitrogens is 2. The first-order valence-corrected chi connectivity index (χ1v) is 5.80. The summed E-state index contributed by atoms with van der Waals surface area (Å²) in [6, 6.07) is 6.27. The summed E-state index contributed by atoms with van der Waals surface area (Å²) in [7, 11) is 0. The van der Waals surface area contributed by atoms with Gasteiger partial charge in [-0.05, 0) is 31.0 Å². The zero-order chi connectivity index (χ0) is 12.3. The van der Waals surface area contributed by atoms with Crippen LogP contribution in [0.25, 0.3) is 5.69 Å². The van der Waals surface area contributed by atoms with E-state index < -0.39 is 0 Å². The first-order chi connectivity index (χ1) is 8.22. The first kappa shape index (κ1) is 11.6. The van der Waals surface area contributed by atoms with Crippen molar-refractivity contribution in [3.63, 3.8) is 0 Å². The standard InChI is InChI=1S/C13H16FN3/c1-2-3-5-10-9-16-17(13(10)15)12-7-4-6-11(14)8-12/h4,6-9H,2-3,5,15H2,1H3. The molecule has 0 bridgehead atoms. The fraction of sp³-hybridized carbons (Fsp3) is 0.308. The van der Waals surface area contributed by atoms with Crippen LogP contribution in [-0.2, 0) is 6.42 Å². The van der Waals surface area contributed by atoms with Crippen LogP contribution in [0.1, 0.15) is 25.3 Å². The fourth-order valence-corrected chi connectivity index (χ4v) is 1.77. The van der Waals surface area contributed by atoms with Crippen molar-refractivity contribution in [2.45, 2.75) is 26.2 Å². The highest BCUT2D eigenvalue weighted by Gasteiger charge is 2.08. The van der Waals surface area contributed by atoms with Gasteiger partial charge in [-0.3, -0.25) is 0 Å². The lowest BCUT2D eigenvalue weighted by molar-refractivity contribution is 0.625. The number of unbranched alkanes of at least 4 members (excludes halogenated alkanes) is 1. The lowest BCUT2D eigenvalue weighted by Crippen LogP contribution is -2.03. The van der Waals surface area contributed by atoms with Crippen molar-refractivity contribution in [2.24, 2.45) is 0 Å². The van der Waals surface area contributed by atoms with Crippen molar-refractivity contribution in [2.75, 3.05) is 5.73 Å². The molecule has 0 atom stereocenters. The van der Waals surface area contributed by atoms with Gasteiger partial charge in [0.05, 0.1) is 11.9 Å². The number of hydrogen-bond acceptors (Lipinski definition) is 2. The molecular formula is C13H16FN3. The first-order valence-electron chi connectivity index (χ1n) is 5.80. The van der Waals surface area contributed by atoms with E-state index in [-0.39, 0.29) is 5.82 Å². The average Bonchev–Trinajstić information content (AvgIpc) is 2.68. The molecule has 3 nitrogen and oxygen atoms in total. The molecule has 0 amide bonds. The maximum Gasteiger partial charge on any atom is 0.130 e. The quantitative estimate of drug-likeness (QED) is 0.882. The van der Waals surface area contributed by atoms with E-state index in [1.165, 1.54) is 12.1 Å². The molecule has 0 aliphatic rings. The third-order valence-electron chi connectivity index (χ3n) is 2.74. The molecule has 0 fully saturated rings. The topological polar surface area (TPSA) is 43.8 Å². The summed E-state index contributed by atoms with van der Waals surface area (Å²) in [5.41, 5.74) is 7.69. The number of aryl methyl sites for hydroxylation is 1. The van der Waals surface area contributed by atoms with Gasteiger partial charge in [-0.1, -0.05) is 19.4 Å². The van der Waals surface area contributed by atoms with Crippen LogP contribution >= 0.6 is 0 Å². The SMILES string of the molecule is CCCCc1cnn(-c2cccc(F)c2)c1N. The Hall–Kier alpha value is -1.84. The molecule has 0 saturated carbocycles. The molecule has 2 rings (SSSR count). The molecule has 0 radical (unpaired) electrons. The van der Waals surface area contributed by atoms with E-state index in [1.54, 1.807) is 23.0 Å². The van der Waals surface area contributed by atoms with Crippen LogP contribution < -0.4 is 5.73 Å². The van der Waals surface area contributed by atoms with E-state index in [0.29, 0.717) is 11.5 Å². The number of nitrogen functional groups attached to an aromatic ring is 1. The Morgan fingerprint density at radius 3 is 2.94 bits per heavy atom. The molecule has 2 aromatic rings. The number of nitrogens with two attached hydrogens (primary N) is 1. The number of anilines is 1. The van der Waals surface area contributed by atoms with Gasteiger partial charge in [-0.25, -0.2) is 9.07 Å². The predicted octanol–water partition coefficient (Wildman–Crippen LogP) is 2.94. The lowest BCUT2D eigenvalue weighted by atomic mass is 10.1. The van der Waals surface area contributed by atoms with E-state index in [4.69, 9.17) is 5.73 Å². The minimum absolute atomic E-state index is 0.285. The zero-order valence-electron chi connectivity index (χ0n) is 9.86. The molecule has 0 unspecified atom stereocenters. The largest absolute Gasteiger partial charge is 0.383 e. The van der Waals surface area contributed by atoms with Crippen LogP contribution in [-0.4, -0.2) is 9.78 Å². The molecule has 1 aromatic carbocycles.